The summed E-state index contributed by atoms with van der Waals surface area (Å²) < 4.78 is 0. The maximum absolute atomic E-state index is 12.1. The Balaban J connectivity index is 2.78. The normalized spacial score (nSPS) is 13.0. The summed E-state index contributed by atoms with van der Waals surface area (Å²) in [4.78, 5) is 34.3. The van der Waals surface area contributed by atoms with E-state index in [1.54, 1.807) is 0 Å². The molecule has 0 saturated heterocycles. The minimum Gasteiger partial charge on any atom is -0.480 e. The van der Waals surface area contributed by atoms with Gasteiger partial charge in [-0.3, -0.25) is 14.4 Å². The van der Waals surface area contributed by atoms with E-state index in [0.717, 1.165) is 5.56 Å². The van der Waals surface area contributed by atoms with Gasteiger partial charge < -0.3 is 15.7 Å². The number of thiol groups is 1. The Morgan fingerprint density at radius 1 is 1.19 bits per heavy atom. The maximum Gasteiger partial charge on any atom is 0.325 e. The number of carboxylic acids is 1. The van der Waals surface area contributed by atoms with Gasteiger partial charge in [-0.25, -0.2) is 0 Å². The summed E-state index contributed by atoms with van der Waals surface area (Å²) in [7, 11) is 0. The number of nitrogens with one attached hydrogen (secondary N) is 2. The number of benzene rings is 1. The number of carboxylic acid groups (broad SMARTS) is 1. The third kappa shape index (κ3) is 5.86. The van der Waals surface area contributed by atoms with Crippen molar-refractivity contribution in [3.63, 3.8) is 0 Å². The predicted molar refractivity (Wildman–Crippen MR) is 81.2 cm³/mol. The van der Waals surface area contributed by atoms with Crippen molar-refractivity contribution >= 4 is 30.4 Å². The molecule has 0 bridgehead atoms. The van der Waals surface area contributed by atoms with Crippen molar-refractivity contribution in [2.75, 3.05) is 5.75 Å². The number of amides is 2. The van der Waals surface area contributed by atoms with Gasteiger partial charge in [0.15, 0.2) is 0 Å². The molecule has 3 N–H and O–H groups in total. The number of rotatable bonds is 7. The number of carbonyl (C=O) groups excluding carboxylic acids is 2. The van der Waals surface area contributed by atoms with Crippen LogP contribution < -0.4 is 10.6 Å². The van der Waals surface area contributed by atoms with Crippen molar-refractivity contribution in [2.24, 2.45) is 0 Å². The fourth-order valence-corrected chi connectivity index (χ4v) is 1.77. The first-order valence-corrected chi connectivity index (χ1v) is 7.04. The van der Waals surface area contributed by atoms with Gasteiger partial charge in [-0.05, 0) is 12.5 Å². The topological polar surface area (TPSA) is 95.5 Å². The van der Waals surface area contributed by atoms with Crippen LogP contribution in [0, 0.1) is 0 Å². The van der Waals surface area contributed by atoms with E-state index in [0.29, 0.717) is 0 Å². The van der Waals surface area contributed by atoms with Gasteiger partial charge in [-0.2, -0.15) is 12.6 Å². The van der Waals surface area contributed by atoms with Crippen LogP contribution in [0.25, 0.3) is 0 Å². The average molecular weight is 310 g/mol. The molecule has 114 valence electrons. The van der Waals surface area contributed by atoms with Gasteiger partial charge in [-0.1, -0.05) is 30.3 Å². The van der Waals surface area contributed by atoms with Crippen molar-refractivity contribution in [2.45, 2.75) is 25.4 Å². The van der Waals surface area contributed by atoms with Crippen molar-refractivity contribution in [3.8, 4) is 0 Å². The lowest BCUT2D eigenvalue weighted by molar-refractivity contribution is -0.141. The Morgan fingerprint density at radius 2 is 1.81 bits per heavy atom. The van der Waals surface area contributed by atoms with Gasteiger partial charge in [0.05, 0.1) is 5.75 Å². The number of hydrogen-bond donors (Lipinski definition) is 4. The highest BCUT2D eigenvalue weighted by Gasteiger charge is 2.24. The highest BCUT2D eigenvalue weighted by Crippen LogP contribution is 2.04. The van der Waals surface area contributed by atoms with Crippen LogP contribution in [0.4, 0.5) is 0 Å². The van der Waals surface area contributed by atoms with E-state index in [4.69, 9.17) is 5.11 Å². The molecule has 1 aromatic rings. The molecule has 1 rings (SSSR count). The molecule has 2 amide bonds. The molecule has 0 aliphatic rings. The number of hydrogen-bond acceptors (Lipinski definition) is 4. The van der Waals surface area contributed by atoms with Gasteiger partial charge in [0.25, 0.3) is 0 Å². The molecular formula is C14H18N2O4S. The van der Waals surface area contributed by atoms with E-state index in [1.165, 1.54) is 6.92 Å². The molecule has 1 aromatic carbocycles. The lowest BCUT2D eigenvalue weighted by Crippen LogP contribution is -2.52. The Morgan fingerprint density at radius 3 is 2.33 bits per heavy atom. The van der Waals surface area contributed by atoms with E-state index in [9.17, 15) is 14.4 Å². The molecule has 0 spiro atoms. The van der Waals surface area contributed by atoms with Gasteiger partial charge in [0.2, 0.25) is 11.8 Å². The zero-order valence-corrected chi connectivity index (χ0v) is 12.5. The van der Waals surface area contributed by atoms with Crippen LogP contribution >= 0.6 is 12.6 Å². The minimum absolute atomic E-state index is 0.0486. The Hall–Kier alpha value is -2.02. The van der Waals surface area contributed by atoms with E-state index >= 15 is 0 Å². The summed E-state index contributed by atoms with van der Waals surface area (Å²) in [6, 6.07) is 7.28. The average Bonchev–Trinajstić information content (AvgIpc) is 2.47. The molecule has 0 radical (unpaired) electrons. The monoisotopic (exact) mass is 310 g/mol. The predicted octanol–water partition coefficient (Wildman–Crippen LogP) is 0.233. The van der Waals surface area contributed by atoms with Gasteiger partial charge in [0, 0.05) is 6.42 Å². The lowest BCUT2D eigenvalue weighted by Gasteiger charge is -2.19. The highest BCUT2D eigenvalue weighted by molar-refractivity contribution is 7.81. The molecule has 2 atom stereocenters. The first kappa shape index (κ1) is 17.0. The number of carbonyl (C=O) groups is 3. The van der Waals surface area contributed by atoms with E-state index in [2.05, 4.69) is 23.3 Å². The van der Waals surface area contributed by atoms with Crippen LogP contribution in [0.3, 0.4) is 0 Å². The largest absolute Gasteiger partial charge is 0.480 e. The van der Waals surface area contributed by atoms with Crippen LogP contribution in [-0.2, 0) is 20.8 Å². The van der Waals surface area contributed by atoms with Crippen LogP contribution in [0.2, 0.25) is 0 Å². The molecule has 0 heterocycles. The molecule has 0 saturated carbocycles. The molecular weight excluding hydrogens is 292 g/mol. The second kappa shape index (κ2) is 8.31. The summed E-state index contributed by atoms with van der Waals surface area (Å²) in [5.74, 6) is -2.11. The van der Waals surface area contributed by atoms with Crippen LogP contribution in [0.1, 0.15) is 12.5 Å². The summed E-state index contributed by atoms with van der Waals surface area (Å²) in [5.41, 5.74) is 0.861. The Bertz CT molecular complexity index is 507. The molecule has 21 heavy (non-hydrogen) atoms. The number of aliphatic carboxylic acids is 1. The second-order valence-corrected chi connectivity index (χ2v) is 4.85. The minimum atomic E-state index is -1.14. The highest BCUT2D eigenvalue weighted by atomic mass is 32.1. The van der Waals surface area contributed by atoms with E-state index in [1.807, 2.05) is 30.3 Å². The van der Waals surface area contributed by atoms with Crippen LogP contribution in [-0.4, -0.2) is 40.7 Å². The van der Waals surface area contributed by atoms with Gasteiger partial charge >= 0.3 is 5.97 Å². The molecule has 0 aromatic heterocycles. The quantitative estimate of drug-likeness (QED) is 0.542. The second-order valence-electron chi connectivity index (χ2n) is 4.54. The summed E-state index contributed by atoms with van der Waals surface area (Å²) >= 11 is 3.85. The van der Waals surface area contributed by atoms with E-state index in [-0.39, 0.29) is 12.2 Å². The fraction of sp³-hybridized carbons (Fsp3) is 0.357. The van der Waals surface area contributed by atoms with Crippen LogP contribution in [0.15, 0.2) is 30.3 Å². The third-order valence-electron chi connectivity index (χ3n) is 2.81. The molecule has 0 aliphatic carbocycles. The lowest BCUT2D eigenvalue weighted by atomic mass is 10.0. The van der Waals surface area contributed by atoms with Crippen molar-refractivity contribution in [3.05, 3.63) is 35.9 Å². The summed E-state index contributed by atoms with van der Waals surface area (Å²) in [6.07, 6.45) is 0.276. The Labute approximate surface area is 128 Å². The van der Waals surface area contributed by atoms with Crippen molar-refractivity contribution in [1.82, 2.24) is 10.6 Å². The SMILES string of the molecule is C[C@H](NC(=O)[C@H](Cc1ccccc1)NC(=O)CS)C(=O)O. The van der Waals surface area contributed by atoms with Crippen LogP contribution in [0.5, 0.6) is 0 Å². The zero-order chi connectivity index (χ0) is 15.8. The molecule has 0 fully saturated rings. The Kier molecular flexibility index (Phi) is 6.74. The standard InChI is InChI=1S/C14H18N2O4S/c1-9(14(19)20)15-13(18)11(16-12(17)8-21)7-10-5-3-2-4-6-10/h2-6,9,11,21H,7-8H2,1H3,(H,15,18)(H,16,17)(H,19,20)/t9-,11-/m0/s1. The fourth-order valence-electron chi connectivity index (χ4n) is 1.67. The summed E-state index contributed by atoms with van der Waals surface area (Å²) in [6.45, 7) is 1.36. The zero-order valence-electron chi connectivity index (χ0n) is 11.6. The van der Waals surface area contributed by atoms with Gasteiger partial charge in [-0.15, -0.1) is 0 Å². The molecule has 0 unspecified atom stereocenters. The summed E-state index contributed by atoms with van der Waals surface area (Å²) in [5, 5.41) is 13.7. The molecule has 0 aliphatic heterocycles. The van der Waals surface area contributed by atoms with Crippen molar-refractivity contribution < 1.29 is 19.5 Å². The maximum atomic E-state index is 12.1. The van der Waals surface area contributed by atoms with E-state index < -0.39 is 29.9 Å². The van der Waals surface area contributed by atoms with Gasteiger partial charge in [0.1, 0.15) is 12.1 Å². The molecule has 7 heteroatoms. The van der Waals surface area contributed by atoms with Crippen molar-refractivity contribution in [1.29, 1.82) is 0 Å². The smallest absolute Gasteiger partial charge is 0.325 e. The first-order chi connectivity index (χ1) is 9.93. The third-order valence-corrected chi connectivity index (χ3v) is 3.09. The molecule has 6 nitrogen and oxygen atoms in total. The first-order valence-electron chi connectivity index (χ1n) is 6.41.